The van der Waals surface area contributed by atoms with Crippen LogP contribution in [-0.4, -0.2) is 6.71 Å². The van der Waals surface area contributed by atoms with Crippen LogP contribution < -0.4 is 26.2 Å². The third-order valence-corrected chi connectivity index (χ3v) is 25.2. The van der Waals surface area contributed by atoms with Gasteiger partial charge in [-0.25, -0.2) is 0 Å². The molecule has 14 rings (SSSR count). The van der Waals surface area contributed by atoms with Crippen LogP contribution in [0.5, 0.6) is 0 Å². The Hall–Kier alpha value is -9.70. The van der Waals surface area contributed by atoms with Crippen molar-refractivity contribution in [3.63, 3.8) is 0 Å². The van der Waals surface area contributed by atoms with Crippen LogP contribution in [0, 0.1) is 0 Å². The van der Waals surface area contributed by atoms with Crippen molar-refractivity contribution in [2.75, 3.05) is 9.80 Å². The number of fused-ring (bicyclic) bond motifs is 4. The van der Waals surface area contributed by atoms with Gasteiger partial charge in [0, 0.05) is 45.0 Å². The maximum Gasteiger partial charge on any atom is 0.252 e. The van der Waals surface area contributed by atoms with Gasteiger partial charge in [-0.15, -0.1) is 0 Å². The maximum absolute atomic E-state index is 11.9. The highest BCUT2D eigenvalue weighted by molar-refractivity contribution is 7.00. The van der Waals surface area contributed by atoms with Crippen LogP contribution in [-0.2, 0) is 65.0 Å². The zero-order valence-electron chi connectivity index (χ0n) is 95.3. The van der Waals surface area contributed by atoms with E-state index < -0.39 is 80.2 Å². The van der Waals surface area contributed by atoms with Gasteiger partial charge in [0.05, 0.1) is 30.6 Å². The van der Waals surface area contributed by atoms with E-state index in [2.05, 4.69) is 303 Å². The summed E-state index contributed by atoms with van der Waals surface area (Å²) < 4.78 is 147. The predicted octanol–water partition coefficient (Wildman–Crippen LogP) is 33.0. The van der Waals surface area contributed by atoms with Gasteiger partial charge in [0.1, 0.15) is 0 Å². The predicted molar refractivity (Wildman–Crippen MR) is 543 cm³/mol. The Kier molecular flexibility index (Phi) is 18.0. The quantitative estimate of drug-likeness (QED) is 0.133. The van der Waals surface area contributed by atoms with E-state index in [1.165, 1.54) is 0 Å². The Bertz CT molecular complexity index is 6860. The Labute approximate surface area is 765 Å². The van der Waals surface area contributed by atoms with Crippen LogP contribution in [0.2, 0.25) is 0 Å². The molecule has 12 aromatic rings. The Balaban J connectivity index is 1.39. The molecular weight excluding hydrogens is 1480 g/mol. The minimum Gasteiger partial charge on any atom is -0.310 e. The molecule has 0 fully saturated rings. The number of anilines is 6. The second-order valence-electron chi connectivity index (χ2n) is 47.9. The lowest BCUT2D eigenvalue weighted by Crippen LogP contribution is -2.61. The van der Waals surface area contributed by atoms with E-state index in [9.17, 15) is 17.8 Å². The SMILES string of the molecule is [2H]c1c([2H])c([2H])c(-c2ccc3c(c2)N(c2c(-c4ccc(C(C)(C)C)cc4)cc(C(C)(C)C)cc2-c2ccc(C(C)(C)C)cc2C(C)(C)C)c2cc(-c4cc(C(C)(C)C)cc(C(C)(C)C)c4)cc4c2B3c2ccc(-c3cc(C(C)(C)C)cc(C(C)(C)C)c3)cc2N4c2c(-c3c([2H])c([2H])c(C(C)(C)C)c([2H])c3[2H])c([2H])c(C(C)(C)C)c([2H])c2-c2c([2H])c(C(C)(C)C)c([2H])c([2H])c2C(C)(C)C)c([2H])c1[2H]. The normalized spacial score (nSPS) is 15.6. The lowest BCUT2D eigenvalue weighted by Gasteiger charge is -2.46. The zero-order valence-corrected chi connectivity index (χ0v) is 81.3. The second-order valence-corrected chi connectivity index (χ2v) is 47.9. The summed E-state index contributed by atoms with van der Waals surface area (Å²) >= 11 is 0. The first-order valence-corrected chi connectivity index (χ1v) is 44.8. The highest BCUT2D eigenvalue weighted by Crippen LogP contribution is 2.58. The summed E-state index contributed by atoms with van der Waals surface area (Å²) in [7, 11) is 0. The van der Waals surface area contributed by atoms with Gasteiger partial charge in [-0.1, -0.05) is 425 Å². The molecule has 638 valence electrons. The summed E-state index contributed by atoms with van der Waals surface area (Å²) in [6.07, 6.45) is 0. The maximum atomic E-state index is 11.9. The van der Waals surface area contributed by atoms with Crippen LogP contribution in [0.25, 0.3) is 77.9 Å². The van der Waals surface area contributed by atoms with Crippen molar-refractivity contribution < 1.29 is 19.2 Å². The van der Waals surface area contributed by atoms with Crippen molar-refractivity contribution in [2.45, 2.75) is 314 Å². The average molecular weight is 1640 g/mol. The molecule has 2 aliphatic heterocycles. The minimum absolute atomic E-state index is 0.0157. The van der Waals surface area contributed by atoms with Gasteiger partial charge < -0.3 is 9.80 Å². The fraction of sp³-hybridized carbons (Fsp3) is 0.400. The lowest BCUT2D eigenvalue weighted by molar-refractivity contribution is 0.568. The fourth-order valence-corrected chi connectivity index (χ4v) is 17.3. The topological polar surface area (TPSA) is 6.48 Å². The van der Waals surface area contributed by atoms with Gasteiger partial charge in [-0.3, -0.25) is 0 Å². The summed E-state index contributed by atoms with van der Waals surface area (Å²) in [6.45, 7) is 76.1. The number of hydrogen-bond donors (Lipinski definition) is 0. The standard InChI is InChI=1S/C120H145BN2/c1-109(2,3)82-48-42-75(43-49-82)93-69-90(117(25,26)27)71-96(92-54-52-85(112(10,11)12)73-99(92)120(34,35)36)107(93)122-102-62-77(74-40-38-37-39-41-74)46-56-100(102)121-101-57-47-78(79-58-86(113(13,14)15)66-87(59-79)114(16,17)18)63-103(101)123(105-65-81(64-104(122)106(105)121)80-60-88(115(19,20)21)67-89(61-80)116(22,23)24)108-94(76-44-50-83(51-45-76)110(4,5)6)70-91(118(28,29)30)72-97(108)95-68-84(111(7,8)9)53-55-98(95)119(31,32)33/h37-73H,1-36H3/i37D,38D,39D,40D,41D,44D,45D,50D,51D,53D,55D,68D,70D,72D. The molecule has 0 aliphatic carbocycles. The van der Waals surface area contributed by atoms with E-state index in [1.54, 1.807) is 0 Å². The number of benzene rings is 12. The molecule has 12 aromatic carbocycles. The molecule has 0 amide bonds. The largest absolute Gasteiger partial charge is 0.310 e. The molecule has 0 spiro atoms. The first-order valence-electron chi connectivity index (χ1n) is 51.8. The molecule has 2 heterocycles. The van der Waals surface area contributed by atoms with E-state index in [0.717, 1.165) is 106 Å². The number of hydrogen-bond acceptors (Lipinski definition) is 2. The van der Waals surface area contributed by atoms with E-state index in [4.69, 9.17) is 1.37 Å². The van der Waals surface area contributed by atoms with Gasteiger partial charge in [0.25, 0.3) is 6.71 Å². The Morgan fingerprint density at radius 2 is 0.561 bits per heavy atom. The highest BCUT2D eigenvalue weighted by Gasteiger charge is 2.47. The molecule has 0 radical (unpaired) electrons. The molecule has 0 aromatic heterocycles. The van der Waals surface area contributed by atoms with E-state index in [0.29, 0.717) is 33.8 Å². The third-order valence-electron chi connectivity index (χ3n) is 25.2. The smallest absolute Gasteiger partial charge is 0.252 e. The lowest BCUT2D eigenvalue weighted by atomic mass is 9.33. The minimum atomic E-state index is -1.12. The molecule has 123 heavy (non-hydrogen) atoms. The number of nitrogens with zero attached hydrogens (tertiary/aromatic N) is 2. The van der Waals surface area contributed by atoms with Gasteiger partial charge >= 0.3 is 0 Å². The van der Waals surface area contributed by atoms with Crippen LogP contribution in [0.15, 0.2) is 224 Å². The average Bonchev–Trinajstić information content (AvgIpc) is 0.676. The van der Waals surface area contributed by atoms with Gasteiger partial charge in [0.2, 0.25) is 0 Å². The molecule has 0 saturated carbocycles. The van der Waals surface area contributed by atoms with Gasteiger partial charge in [-0.2, -0.15) is 0 Å². The highest BCUT2D eigenvalue weighted by atomic mass is 15.2. The monoisotopic (exact) mass is 1640 g/mol. The first kappa shape index (κ1) is 72.6. The zero-order chi connectivity index (χ0) is 102. The second kappa shape index (κ2) is 30.6. The van der Waals surface area contributed by atoms with Crippen molar-refractivity contribution in [2.24, 2.45) is 0 Å². The van der Waals surface area contributed by atoms with Crippen LogP contribution in [0.1, 0.15) is 335 Å². The van der Waals surface area contributed by atoms with Gasteiger partial charge in [-0.05, 0) is 252 Å². The molecule has 2 aliphatic rings. The first-order chi connectivity index (χ1) is 62.4. The molecule has 0 saturated heterocycles. The summed E-state index contributed by atoms with van der Waals surface area (Å²) in [4.78, 5) is 4.56. The van der Waals surface area contributed by atoms with Crippen molar-refractivity contribution in [3.05, 3.63) is 291 Å². The van der Waals surface area contributed by atoms with Crippen molar-refractivity contribution in [1.82, 2.24) is 0 Å². The van der Waals surface area contributed by atoms with Crippen LogP contribution in [0.3, 0.4) is 0 Å². The molecule has 0 atom stereocenters. The molecular formula is C120H145BN2. The fourth-order valence-electron chi connectivity index (χ4n) is 17.3. The van der Waals surface area contributed by atoms with E-state index in [1.807, 2.05) is 95.2 Å². The Morgan fingerprint density at radius 3 is 1.00 bits per heavy atom. The molecule has 0 unspecified atom stereocenters. The third kappa shape index (κ3) is 17.6. The molecule has 0 N–H and O–H groups in total. The Morgan fingerprint density at radius 1 is 0.203 bits per heavy atom. The van der Waals surface area contributed by atoms with E-state index >= 15 is 0 Å². The summed E-state index contributed by atoms with van der Waals surface area (Å²) in [5, 5.41) is 0. The van der Waals surface area contributed by atoms with Crippen molar-refractivity contribution in [1.29, 1.82) is 0 Å². The van der Waals surface area contributed by atoms with E-state index in [-0.39, 0.29) is 132 Å². The number of rotatable bonds is 9. The van der Waals surface area contributed by atoms with Crippen molar-refractivity contribution in [3.8, 4) is 77.9 Å². The van der Waals surface area contributed by atoms with Crippen molar-refractivity contribution >= 4 is 57.2 Å². The molecule has 3 heteroatoms. The molecule has 0 bridgehead atoms. The summed E-state index contributed by atoms with van der Waals surface area (Å²) in [5.41, 5.74) is 15.0. The van der Waals surface area contributed by atoms with Crippen LogP contribution in [0.4, 0.5) is 34.1 Å². The summed E-state index contributed by atoms with van der Waals surface area (Å²) in [5.74, 6) is 0. The van der Waals surface area contributed by atoms with Crippen LogP contribution >= 0.6 is 0 Å². The molecule has 2 nitrogen and oxygen atoms in total. The summed E-state index contributed by atoms with van der Waals surface area (Å²) in [6, 6.07) is 47.1. The van der Waals surface area contributed by atoms with Gasteiger partial charge in [0.15, 0.2) is 0 Å².